The summed E-state index contributed by atoms with van der Waals surface area (Å²) in [5.41, 5.74) is 0. The highest BCUT2D eigenvalue weighted by Gasteiger charge is 2.28. The predicted molar refractivity (Wildman–Crippen MR) is 235 cm³/mol. The molecule has 0 heterocycles. The van der Waals surface area contributed by atoms with Crippen LogP contribution in [0.4, 0.5) is 0 Å². The highest BCUT2D eigenvalue weighted by atomic mass is 31.2. The van der Waals surface area contributed by atoms with E-state index < -0.39 is 20.0 Å². The summed E-state index contributed by atoms with van der Waals surface area (Å²) < 4.78 is 23.6. The monoisotopic (exact) mass is 802 g/mol. The molecule has 0 aromatic rings. The van der Waals surface area contributed by atoms with Crippen LogP contribution in [0.2, 0.25) is 0 Å². The number of unbranched alkanes of at least 4 members (excludes halogenated alkanes) is 28. The average molecular weight is 802 g/mol. The minimum absolute atomic E-state index is 0.0721. The van der Waals surface area contributed by atoms with Gasteiger partial charge in [-0.1, -0.05) is 193 Å². The third-order valence-electron chi connectivity index (χ3n) is 10.8. The summed E-state index contributed by atoms with van der Waals surface area (Å²) in [4.78, 5) is 23.1. The molecule has 3 N–H and O–H groups in total. The van der Waals surface area contributed by atoms with Crippen LogP contribution < -0.4 is 5.32 Å². The molecule has 328 valence electrons. The zero-order valence-corrected chi connectivity index (χ0v) is 38.1. The lowest BCUT2D eigenvalue weighted by molar-refractivity contribution is -0.870. The van der Waals surface area contributed by atoms with Crippen LogP contribution in [0.15, 0.2) is 12.2 Å². The van der Waals surface area contributed by atoms with Gasteiger partial charge in [0.1, 0.15) is 13.2 Å². The fraction of sp³-hybridized carbons (Fsp3) is 0.935. The van der Waals surface area contributed by atoms with Crippen LogP contribution in [0.25, 0.3) is 0 Å². The van der Waals surface area contributed by atoms with Gasteiger partial charge < -0.3 is 19.8 Å². The highest BCUT2D eigenvalue weighted by molar-refractivity contribution is 7.47. The fourth-order valence-corrected chi connectivity index (χ4v) is 7.72. The van der Waals surface area contributed by atoms with E-state index in [-0.39, 0.29) is 19.1 Å². The molecule has 0 saturated carbocycles. The Labute approximate surface area is 342 Å². The van der Waals surface area contributed by atoms with E-state index in [2.05, 4.69) is 31.3 Å². The van der Waals surface area contributed by atoms with Gasteiger partial charge in [-0.3, -0.25) is 13.8 Å². The maximum absolute atomic E-state index is 12.9. The smallest absolute Gasteiger partial charge is 0.391 e. The number of aliphatic hydroxyl groups is 1. The van der Waals surface area contributed by atoms with Crippen LogP contribution in [-0.2, 0) is 18.4 Å². The minimum atomic E-state index is -4.31. The topological polar surface area (TPSA) is 105 Å². The fourth-order valence-electron chi connectivity index (χ4n) is 6.98. The number of amides is 1. The van der Waals surface area contributed by atoms with E-state index in [1.807, 2.05) is 21.1 Å². The molecule has 0 fully saturated rings. The molecule has 3 atom stereocenters. The summed E-state index contributed by atoms with van der Waals surface area (Å²) in [5, 5.41) is 13.9. The van der Waals surface area contributed by atoms with Crippen molar-refractivity contribution in [3.05, 3.63) is 12.2 Å². The zero-order chi connectivity index (χ0) is 40.7. The number of hydrogen-bond donors (Lipinski definition) is 3. The number of allylic oxidation sites excluding steroid dienone is 2. The largest absolute Gasteiger partial charge is 0.472 e. The number of nitrogens with zero attached hydrogens (tertiary/aromatic N) is 1. The molecule has 0 aliphatic heterocycles. The lowest BCUT2D eigenvalue weighted by atomic mass is 10.0. The van der Waals surface area contributed by atoms with E-state index >= 15 is 0 Å². The van der Waals surface area contributed by atoms with Crippen LogP contribution in [0, 0.1) is 0 Å². The number of phosphoric acid groups is 1. The molecule has 9 heteroatoms. The Morgan fingerprint density at radius 3 is 1.40 bits per heavy atom. The van der Waals surface area contributed by atoms with Crippen molar-refractivity contribution in [3.8, 4) is 0 Å². The Hall–Kier alpha value is -0.760. The molecule has 0 aliphatic rings. The number of aliphatic hydroxyl groups excluding tert-OH is 1. The maximum atomic E-state index is 12.9. The number of carbonyl (C=O) groups is 1. The third-order valence-corrected chi connectivity index (χ3v) is 11.7. The first-order chi connectivity index (χ1) is 26.5. The van der Waals surface area contributed by atoms with Gasteiger partial charge in [-0.15, -0.1) is 0 Å². The quantitative estimate of drug-likeness (QED) is 0.0245. The predicted octanol–water partition coefficient (Wildman–Crippen LogP) is 13.1. The number of carbonyl (C=O) groups excluding carboxylic acids is 1. The highest BCUT2D eigenvalue weighted by Crippen LogP contribution is 2.43. The first-order valence-corrected chi connectivity index (χ1v) is 25.0. The second-order valence-corrected chi connectivity index (χ2v) is 18.9. The first kappa shape index (κ1) is 54.2. The number of hydrogen-bond acceptors (Lipinski definition) is 5. The van der Waals surface area contributed by atoms with E-state index in [4.69, 9.17) is 9.05 Å². The molecule has 0 aliphatic carbocycles. The Morgan fingerprint density at radius 1 is 0.600 bits per heavy atom. The van der Waals surface area contributed by atoms with Crippen molar-refractivity contribution < 1.29 is 32.9 Å². The van der Waals surface area contributed by atoms with E-state index in [1.165, 1.54) is 154 Å². The molecule has 0 aromatic heterocycles. The van der Waals surface area contributed by atoms with Gasteiger partial charge in [0.05, 0.1) is 39.9 Å². The Kier molecular flexibility index (Phi) is 38.2. The van der Waals surface area contributed by atoms with Crippen LogP contribution in [0.3, 0.4) is 0 Å². The molecule has 0 saturated heterocycles. The standard InChI is InChI=1S/C46H93N2O6P/c1-6-8-10-12-14-16-18-20-21-22-23-24-25-26-27-28-30-32-34-36-38-40-46(50)47-44(43-54-55(51,52)53-42-41-48(3,4)5)45(49)39-37-35-33-31-29-19-17-15-13-11-9-7-2/h29,31,44-45,49H,6-28,30,32-43H2,1-5H3,(H-,47,50,51,52)/p+1/b31-29+/t44-,45+/m0/s1. The van der Waals surface area contributed by atoms with E-state index in [9.17, 15) is 19.4 Å². The van der Waals surface area contributed by atoms with Gasteiger partial charge in [-0.05, 0) is 38.5 Å². The molecule has 0 spiro atoms. The summed E-state index contributed by atoms with van der Waals surface area (Å²) in [7, 11) is 1.61. The number of rotatable bonds is 43. The summed E-state index contributed by atoms with van der Waals surface area (Å²) in [6, 6.07) is -0.770. The SMILES string of the molecule is CCCCCCCC/C=C/CCCC[C@@H](O)[C@H](COP(=O)(O)OCC[N+](C)(C)C)NC(=O)CCCCCCCCCCCCCCCCCCCCCCC. The molecule has 8 nitrogen and oxygen atoms in total. The van der Waals surface area contributed by atoms with E-state index in [0.29, 0.717) is 23.9 Å². The van der Waals surface area contributed by atoms with Gasteiger partial charge >= 0.3 is 7.82 Å². The third kappa shape index (κ3) is 41.2. The van der Waals surface area contributed by atoms with Crippen LogP contribution in [0.1, 0.15) is 226 Å². The van der Waals surface area contributed by atoms with Gasteiger partial charge in [0.2, 0.25) is 5.91 Å². The average Bonchev–Trinajstić information content (AvgIpc) is 3.13. The van der Waals surface area contributed by atoms with Gasteiger partial charge in [0, 0.05) is 6.42 Å². The number of phosphoric ester groups is 1. The van der Waals surface area contributed by atoms with Crippen molar-refractivity contribution in [1.29, 1.82) is 0 Å². The summed E-state index contributed by atoms with van der Waals surface area (Å²) >= 11 is 0. The van der Waals surface area contributed by atoms with Crippen molar-refractivity contribution in [2.75, 3.05) is 40.9 Å². The minimum Gasteiger partial charge on any atom is -0.391 e. The summed E-state index contributed by atoms with van der Waals surface area (Å²) in [6.45, 7) is 4.87. The Morgan fingerprint density at radius 2 is 0.982 bits per heavy atom. The summed E-state index contributed by atoms with van der Waals surface area (Å²) in [5.74, 6) is -0.151. The molecular formula is C46H94N2O6P+. The van der Waals surface area contributed by atoms with Crippen molar-refractivity contribution in [2.45, 2.75) is 238 Å². The molecule has 0 bridgehead atoms. The number of quaternary nitrogens is 1. The molecule has 1 amide bonds. The van der Waals surface area contributed by atoms with Crippen molar-refractivity contribution >= 4 is 13.7 Å². The second kappa shape index (κ2) is 38.7. The normalized spacial score (nSPS) is 14.4. The lowest BCUT2D eigenvalue weighted by Gasteiger charge is -2.26. The number of nitrogens with one attached hydrogen (secondary N) is 1. The van der Waals surface area contributed by atoms with Crippen molar-refractivity contribution in [2.24, 2.45) is 0 Å². The maximum Gasteiger partial charge on any atom is 0.472 e. The zero-order valence-electron chi connectivity index (χ0n) is 37.2. The molecule has 55 heavy (non-hydrogen) atoms. The Bertz CT molecular complexity index is 911. The molecule has 0 rings (SSSR count). The molecular weight excluding hydrogens is 707 g/mol. The second-order valence-electron chi connectivity index (χ2n) is 17.5. The lowest BCUT2D eigenvalue weighted by Crippen LogP contribution is -2.46. The molecule has 0 aromatic carbocycles. The van der Waals surface area contributed by atoms with Gasteiger partial charge in [0.25, 0.3) is 0 Å². The Balaban J connectivity index is 4.24. The van der Waals surface area contributed by atoms with E-state index in [1.54, 1.807) is 0 Å². The summed E-state index contributed by atoms with van der Waals surface area (Å²) in [6.07, 6.45) is 43.9. The van der Waals surface area contributed by atoms with Crippen LogP contribution in [-0.4, -0.2) is 73.4 Å². The molecule has 0 radical (unpaired) electrons. The number of likely N-dealkylation sites (N-methyl/N-ethyl adjacent to an activating group) is 1. The van der Waals surface area contributed by atoms with E-state index in [0.717, 1.165) is 44.9 Å². The first-order valence-electron chi connectivity index (χ1n) is 23.6. The van der Waals surface area contributed by atoms with Crippen molar-refractivity contribution in [1.82, 2.24) is 5.32 Å². The van der Waals surface area contributed by atoms with Gasteiger partial charge in [-0.2, -0.15) is 0 Å². The van der Waals surface area contributed by atoms with Crippen LogP contribution in [0.5, 0.6) is 0 Å². The molecule has 1 unspecified atom stereocenters. The van der Waals surface area contributed by atoms with Crippen molar-refractivity contribution in [3.63, 3.8) is 0 Å². The van der Waals surface area contributed by atoms with Crippen LogP contribution >= 0.6 is 7.82 Å². The van der Waals surface area contributed by atoms with Gasteiger partial charge in [-0.25, -0.2) is 4.57 Å². The van der Waals surface area contributed by atoms with Gasteiger partial charge in [0.15, 0.2) is 0 Å².